The van der Waals surface area contributed by atoms with Crippen LogP contribution in [-0.2, 0) is 0 Å². The highest BCUT2D eigenvalue weighted by Gasteiger charge is 2.09. The fourth-order valence-electron chi connectivity index (χ4n) is 2.11. The van der Waals surface area contributed by atoms with Crippen molar-refractivity contribution in [2.75, 3.05) is 16.0 Å². The molecule has 8 heteroatoms. The fourth-order valence-corrected chi connectivity index (χ4v) is 2.56. The summed E-state index contributed by atoms with van der Waals surface area (Å²) in [6, 6.07) is 14.1. The van der Waals surface area contributed by atoms with Crippen LogP contribution in [0.5, 0.6) is 0 Å². The molecule has 3 rings (SSSR count). The zero-order valence-corrected chi connectivity index (χ0v) is 14.8. The van der Waals surface area contributed by atoms with Crippen LogP contribution < -0.4 is 16.0 Å². The number of carbonyl (C=O) groups is 1. The van der Waals surface area contributed by atoms with Crippen LogP contribution in [0.1, 0.15) is 10.6 Å². The number of hydrogen-bond acceptors (Lipinski definition) is 3. The second kappa shape index (κ2) is 7.99. The van der Waals surface area contributed by atoms with E-state index in [0.29, 0.717) is 22.2 Å². The third-order valence-electron chi connectivity index (χ3n) is 3.32. The number of anilines is 3. The lowest BCUT2D eigenvalue weighted by molar-refractivity contribution is 0.0996. The number of rotatable bonds is 4. The summed E-state index contributed by atoms with van der Waals surface area (Å²) in [7, 11) is 0. The van der Waals surface area contributed by atoms with Crippen LogP contribution >= 0.6 is 23.8 Å². The van der Waals surface area contributed by atoms with Crippen molar-refractivity contribution < 1.29 is 13.6 Å². The molecule has 132 valence electrons. The Morgan fingerprint density at radius 1 is 1.00 bits per heavy atom. The summed E-state index contributed by atoms with van der Waals surface area (Å²) < 4.78 is 18.1. The molecule has 0 aliphatic carbocycles. The first-order valence-electron chi connectivity index (χ1n) is 7.49. The van der Waals surface area contributed by atoms with Crippen molar-refractivity contribution in [2.45, 2.75) is 0 Å². The minimum atomic E-state index is -0.424. The lowest BCUT2D eigenvalue weighted by atomic mass is 10.2. The van der Waals surface area contributed by atoms with Crippen LogP contribution in [0.25, 0.3) is 0 Å². The average molecular weight is 390 g/mol. The van der Waals surface area contributed by atoms with Crippen LogP contribution in [0.2, 0.25) is 5.02 Å². The predicted molar refractivity (Wildman–Crippen MR) is 104 cm³/mol. The van der Waals surface area contributed by atoms with E-state index < -0.39 is 5.82 Å². The Balaban J connectivity index is 1.58. The summed E-state index contributed by atoms with van der Waals surface area (Å²) in [4.78, 5) is 11.9. The number of hydrogen-bond donors (Lipinski definition) is 3. The van der Waals surface area contributed by atoms with Gasteiger partial charge in [0.25, 0.3) is 5.91 Å². The van der Waals surface area contributed by atoms with Gasteiger partial charge in [0.2, 0.25) is 0 Å². The van der Waals surface area contributed by atoms with Gasteiger partial charge in [0, 0.05) is 11.4 Å². The summed E-state index contributed by atoms with van der Waals surface area (Å²) in [5.74, 6) is -0.529. The molecule has 0 saturated heterocycles. The van der Waals surface area contributed by atoms with E-state index in [0.717, 1.165) is 0 Å². The van der Waals surface area contributed by atoms with Gasteiger partial charge in [0.05, 0.1) is 17.0 Å². The van der Waals surface area contributed by atoms with Crippen molar-refractivity contribution in [1.82, 2.24) is 0 Å². The molecule has 0 bridgehead atoms. The maximum absolute atomic E-state index is 13.1. The van der Waals surface area contributed by atoms with Gasteiger partial charge in [0.15, 0.2) is 10.9 Å². The molecule has 3 aromatic rings. The molecule has 0 atom stereocenters. The van der Waals surface area contributed by atoms with Gasteiger partial charge in [-0.15, -0.1) is 0 Å². The maximum atomic E-state index is 13.1. The van der Waals surface area contributed by atoms with E-state index in [4.69, 9.17) is 28.2 Å². The molecule has 1 amide bonds. The second-order valence-electron chi connectivity index (χ2n) is 5.21. The van der Waals surface area contributed by atoms with Crippen molar-refractivity contribution in [3.8, 4) is 0 Å². The van der Waals surface area contributed by atoms with E-state index in [1.807, 2.05) is 0 Å². The van der Waals surface area contributed by atoms with Gasteiger partial charge in [-0.05, 0) is 66.8 Å². The molecule has 26 heavy (non-hydrogen) atoms. The second-order valence-corrected chi connectivity index (χ2v) is 6.03. The zero-order valence-electron chi connectivity index (χ0n) is 13.3. The van der Waals surface area contributed by atoms with Gasteiger partial charge in [0.1, 0.15) is 5.82 Å². The largest absolute Gasteiger partial charge is 0.459 e. The molecule has 0 fully saturated rings. The molecule has 3 N–H and O–H groups in total. The molecular weight excluding hydrogens is 377 g/mol. The summed E-state index contributed by atoms with van der Waals surface area (Å²) in [6.45, 7) is 0. The standard InChI is InChI=1S/C18H13ClFN3O2S/c19-14-10-11(20)3-8-15(14)23-18(26)22-13-6-4-12(5-7-13)21-17(24)16-2-1-9-25-16/h1-10H,(H,21,24)(H2,22,23,26). The Bertz CT molecular complexity index is 930. The summed E-state index contributed by atoms with van der Waals surface area (Å²) in [5, 5.41) is 9.11. The first-order valence-corrected chi connectivity index (χ1v) is 8.28. The molecule has 0 aliphatic heterocycles. The van der Waals surface area contributed by atoms with E-state index in [2.05, 4.69) is 16.0 Å². The van der Waals surface area contributed by atoms with Crippen LogP contribution in [0.15, 0.2) is 65.3 Å². The molecule has 2 aromatic carbocycles. The van der Waals surface area contributed by atoms with Gasteiger partial charge >= 0.3 is 0 Å². The average Bonchev–Trinajstić information content (AvgIpc) is 3.14. The van der Waals surface area contributed by atoms with Crippen molar-refractivity contribution in [3.63, 3.8) is 0 Å². The Morgan fingerprint density at radius 2 is 1.69 bits per heavy atom. The van der Waals surface area contributed by atoms with Gasteiger partial charge in [-0.3, -0.25) is 4.79 Å². The number of benzene rings is 2. The van der Waals surface area contributed by atoms with E-state index in [9.17, 15) is 9.18 Å². The number of amides is 1. The summed E-state index contributed by atoms with van der Waals surface area (Å²) in [5.41, 5.74) is 1.81. The normalized spacial score (nSPS) is 10.2. The van der Waals surface area contributed by atoms with Crippen molar-refractivity contribution in [1.29, 1.82) is 0 Å². The lowest BCUT2D eigenvalue weighted by Gasteiger charge is -2.12. The van der Waals surface area contributed by atoms with Gasteiger partial charge in [-0.2, -0.15) is 0 Å². The minimum absolute atomic E-state index is 0.227. The monoisotopic (exact) mass is 389 g/mol. The van der Waals surface area contributed by atoms with Crippen LogP contribution in [-0.4, -0.2) is 11.0 Å². The molecule has 1 heterocycles. The van der Waals surface area contributed by atoms with Crippen molar-refractivity contribution >= 4 is 51.9 Å². The SMILES string of the molecule is O=C(Nc1ccc(NC(=S)Nc2ccc(F)cc2Cl)cc1)c1ccco1. The molecule has 0 unspecified atom stereocenters. The molecule has 0 aliphatic rings. The highest BCUT2D eigenvalue weighted by molar-refractivity contribution is 7.80. The van der Waals surface area contributed by atoms with Crippen LogP contribution in [0.3, 0.4) is 0 Å². The van der Waals surface area contributed by atoms with Crippen LogP contribution in [0, 0.1) is 5.82 Å². The van der Waals surface area contributed by atoms with Crippen LogP contribution in [0.4, 0.5) is 21.5 Å². The third kappa shape index (κ3) is 4.59. The number of thiocarbonyl (C=S) groups is 1. The van der Waals surface area contributed by atoms with E-state index in [-0.39, 0.29) is 16.7 Å². The van der Waals surface area contributed by atoms with Gasteiger partial charge in [-0.25, -0.2) is 4.39 Å². The molecule has 0 saturated carbocycles. The number of halogens is 2. The molecular formula is C18H13ClFN3O2S. The first-order chi connectivity index (χ1) is 12.5. The molecule has 0 spiro atoms. The first kappa shape index (κ1) is 17.9. The number of furan rings is 1. The quantitative estimate of drug-likeness (QED) is 0.539. The molecule has 0 radical (unpaired) electrons. The summed E-state index contributed by atoms with van der Waals surface area (Å²) >= 11 is 11.2. The summed E-state index contributed by atoms with van der Waals surface area (Å²) in [6.07, 6.45) is 1.43. The third-order valence-corrected chi connectivity index (χ3v) is 3.84. The van der Waals surface area contributed by atoms with E-state index >= 15 is 0 Å². The molecule has 5 nitrogen and oxygen atoms in total. The topological polar surface area (TPSA) is 66.3 Å². The van der Waals surface area contributed by atoms with E-state index in [1.54, 1.807) is 36.4 Å². The Labute approximate surface area is 159 Å². The minimum Gasteiger partial charge on any atom is -0.459 e. The number of carbonyl (C=O) groups excluding carboxylic acids is 1. The highest BCUT2D eigenvalue weighted by Crippen LogP contribution is 2.23. The van der Waals surface area contributed by atoms with Crippen molar-refractivity contribution in [3.05, 3.63) is 77.5 Å². The van der Waals surface area contributed by atoms with Gasteiger partial charge < -0.3 is 20.4 Å². The Hall–Kier alpha value is -2.90. The lowest BCUT2D eigenvalue weighted by Crippen LogP contribution is -2.19. The number of nitrogens with one attached hydrogen (secondary N) is 3. The smallest absolute Gasteiger partial charge is 0.291 e. The van der Waals surface area contributed by atoms with E-state index in [1.165, 1.54) is 24.5 Å². The Morgan fingerprint density at radius 3 is 2.31 bits per heavy atom. The maximum Gasteiger partial charge on any atom is 0.291 e. The zero-order chi connectivity index (χ0) is 18.5. The predicted octanol–water partition coefficient (Wildman–Crippen LogP) is 5.13. The highest BCUT2D eigenvalue weighted by atomic mass is 35.5. The van der Waals surface area contributed by atoms with Crippen molar-refractivity contribution in [2.24, 2.45) is 0 Å². The Kier molecular flexibility index (Phi) is 5.50. The van der Waals surface area contributed by atoms with Gasteiger partial charge in [-0.1, -0.05) is 11.6 Å². The molecule has 1 aromatic heterocycles. The fraction of sp³-hybridized carbons (Fsp3) is 0.